The summed E-state index contributed by atoms with van der Waals surface area (Å²) in [6.45, 7) is 5.74. The molecular weight excluding hydrogens is 276 g/mol. The van der Waals surface area contributed by atoms with E-state index in [0.717, 1.165) is 37.7 Å². The number of carboxylic acids is 1. The van der Waals surface area contributed by atoms with Crippen LogP contribution >= 0.6 is 0 Å². The smallest absolute Gasteiger partial charge is 0.309 e. The fourth-order valence-electron chi connectivity index (χ4n) is 4.97. The van der Waals surface area contributed by atoms with Crippen molar-refractivity contribution in [2.45, 2.75) is 58.3 Å². The zero-order valence-corrected chi connectivity index (χ0v) is 13.6. The van der Waals surface area contributed by atoms with Gasteiger partial charge >= 0.3 is 5.97 Å². The summed E-state index contributed by atoms with van der Waals surface area (Å²) < 4.78 is 0. The highest BCUT2D eigenvalue weighted by molar-refractivity contribution is 5.94. The van der Waals surface area contributed by atoms with Crippen molar-refractivity contribution in [2.75, 3.05) is 0 Å². The van der Waals surface area contributed by atoms with Gasteiger partial charge in [0.25, 0.3) is 0 Å². The van der Waals surface area contributed by atoms with Gasteiger partial charge in [0.05, 0.1) is 5.41 Å². The molecule has 1 aromatic carbocycles. The quantitative estimate of drug-likeness (QED) is 0.840. The van der Waals surface area contributed by atoms with Gasteiger partial charge < -0.3 is 5.11 Å². The standard InChI is InChI=1S/C19H24O3/c1-12(20)13-5-7-15-14(11-13)6-8-16-18(15,2)9-4-10-19(16,3)17(21)22/h5,7,11,16H,4,6,8-10H2,1-3H3,(H,21,22)/t16-,18-,19-/m0/s1. The third-order valence-electron chi connectivity index (χ3n) is 6.25. The molecule has 2 aliphatic rings. The Balaban J connectivity index is 2.09. The number of Topliss-reactive ketones (excluding diaryl/α,β-unsaturated/α-hetero) is 1. The lowest BCUT2D eigenvalue weighted by Gasteiger charge is -2.53. The van der Waals surface area contributed by atoms with Crippen LogP contribution in [0.2, 0.25) is 0 Å². The maximum atomic E-state index is 11.9. The van der Waals surface area contributed by atoms with Gasteiger partial charge in [0.2, 0.25) is 0 Å². The Bertz CT molecular complexity index is 648. The number of benzene rings is 1. The highest BCUT2D eigenvalue weighted by Gasteiger charge is 2.55. The van der Waals surface area contributed by atoms with Crippen molar-refractivity contribution in [3.05, 3.63) is 34.9 Å². The van der Waals surface area contributed by atoms with Gasteiger partial charge in [-0.15, -0.1) is 0 Å². The molecule has 0 amide bonds. The normalized spacial score (nSPS) is 33.7. The van der Waals surface area contributed by atoms with Crippen LogP contribution in [0.3, 0.4) is 0 Å². The van der Waals surface area contributed by atoms with Gasteiger partial charge in [-0.05, 0) is 68.1 Å². The Labute approximate surface area is 131 Å². The van der Waals surface area contributed by atoms with Crippen LogP contribution < -0.4 is 0 Å². The van der Waals surface area contributed by atoms with Gasteiger partial charge in [0.15, 0.2) is 5.78 Å². The molecule has 3 atom stereocenters. The molecule has 1 aromatic rings. The Kier molecular flexibility index (Phi) is 3.42. The molecule has 0 bridgehead atoms. The van der Waals surface area contributed by atoms with E-state index in [1.807, 2.05) is 19.1 Å². The minimum absolute atomic E-state index is 0.0890. The van der Waals surface area contributed by atoms with Gasteiger partial charge in [0.1, 0.15) is 0 Å². The highest BCUT2D eigenvalue weighted by atomic mass is 16.4. The Morgan fingerprint density at radius 1 is 1.23 bits per heavy atom. The van der Waals surface area contributed by atoms with Crippen LogP contribution in [0, 0.1) is 11.3 Å². The minimum atomic E-state index is -0.660. The first-order valence-electron chi connectivity index (χ1n) is 8.17. The molecule has 118 valence electrons. The molecule has 3 rings (SSSR count). The first-order valence-corrected chi connectivity index (χ1v) is 8.17. The zero-order valence-electron chi connectivity index (χ0n) is 13.6. The molecule has 22 heavy (non-hydrogen) atoms. The maximum absolute atomic E-state index is 11.9. The van der Waals surface area contributed by atoms with E-state index in [9.17, 15) is 14.7 Å². The second-order valence-electron chi connectivity index (χ2n) is 7.51. The SMILES string of the molecule is CC(=O)c1ccc2c(c1)CC[C@H]1[C@@]2(C)CCC[C@]1(C)C(=O)O. The van der Waals surface area contributed by atoms with Crippen molar-refractivity contribution in [2.24, 2.45) is 11.3 Å². The molecule has 1 saturated carbocycles. The minimum Gasteiger partial charge on any atom is -0.481 e. The summed E-state index contributed by atoms with van der Waals surface area (Å²) in [7, 11) is 0. The number of carbonyl (C=O) groups excluding carboxylic acids is 1. The van der Waals surface area contributed by atoms with E-state index in [4.69, 9.17) is 0 Å². The number of carbonyl (C=O) groups is 2. The van der Waals surface area contributed by atoms with Gasteiger partial charge in [-0.25, -0.2) is 0 Å². The van der Waals surface area contributed by atoms with Crippen LogP contribution in [0.1, 0.15) is 67.9 Å². The van der Waals surface area contributed by atoms with Crippen LogP contribution in [-0.2, 0) is 16.6 Å². The van der Waals surface area contributed by atoms with Gasteiger partial charge in [-0.2, -0.15) is 0 Å². The maximum Gasteiger partial charge on any atom is 0.309 e. The number of hydrogen-bond donors (Lipinski definition) is 1. The van der Waals surface area contributed by atoms with Crippen molar-refractivity contribution in [3.8, 4) is 0 Å². The van der Waals surface area contributed by atoms with Crippen LogP contribution in [0.15, 0.2) is 18.2 Å². The van der Waals surface area contributed by atoms with Crippen LogP contribution in [0.4, 0.5) is 0 Å². The van der Waals surface area contributed by atoms with Crippen molar-refractivity contribution in [3.63, 3.8) is 0 Å². The lowest BCUT2D eigenvalue weighted by Crippen LogP contribution is -2.52. The molecule has 3 heteroatoms. The van der Waals surface area contributed by atoms with Crippen molar-refractivity contribution >= 4 is 11.8 Å². The average molecular weight is 300 g/mol. The zero-order chi connectivity index (χ0) is 16.1. The van der Waals surface area contributed by atoms with Crippen LogP contribution in [0.5, 0.6) is 0 Å². The molecule has 1 fully saturated rings. The van der Waals surface area contributed by atoms with E-state index >= 15 is 0 Å². The summed E-state index contributed by atoms with van der Waals surface area (Å²) >= 11 is 0. The summed E-state index contributed by atoms with van der Waals surface area (Å²) in [5.74, 6) is -0.400. The molecule has 0 aromatic heterocycles. The van der Waals surface area contributed by atoms with Crippen molar-refractivity contribution in [1.82, 2.24) is 0 Å². The van der Waals surface area contributed by atoms with E-state index < -0.39 is 11.4 Å². The Hall–Kier alpha value is -1.64. The molecule has 0 spiro atoms. The fraction of sp³-hybridized carbons (Fsp3) is 0.579. The molecular formula is C19H24O3. The van der Waals surface area contributed by atoms with Crippen molar-refractivity contribution in [1.29, 1.82) is 0 Å². The molecule has 0 aliphatic heterocycles. The van der Waals surface area contributed by atoms with E-state index in [1.54, 1.807) is 6.92 Å². The summed E-state index contributed by atoms with van der Waals surface area (Å²) in [6.07, 6.45) is 4.52. The summed E-state index contributed by atoms with van der Waals surface area (Å²) in [5, 5.41) is 9.77. The molecule has 2 aliphatic carbocycles. The third kappa shape index (κ3) is 2.02. The second kappa shape index (κ2) is 4.94. The largest absolute Gasteiger partial charge is 0.481 e. The van der Waals surface area contributed by atoms with Gasteiger partial charge in [0, 0.05) is 5.56 Å². The van der Waals surface area contributed by atoms with Crippen LogP contribution in [-0.4, -0.2) is 16.9 Å². The molecule has 1 N–H and O–H groups in total. The fourth-order valence-corrected chi connectivity index (χ4v) is 4.97. The predicted octanol–water partition coefficient (Wildman–Crippen LogP) is 3.98. The number of aliphatic carboxylic acids is 1. The van der Waals surface area contributed by atoms with E-state index in [2.05, 4.69) is 13.0 Å². The highest BCUT2D eigenvalue weighted by Crippen LogP contribution is 2.57. The first-order chi connectivity index (χ1) is 10.3. The number of ketones is 1. The number of rotatable bonds is 2. The van der Waals surface area contributed by atoms with E-state index in [1.165, 1.54) is 11.1 Å². The lowest BCUT2D eigenvalue weighted by molar-refractivity contribution is -0.157. The van der Waals surface area contributed by atoms with E-state index in [-0.39, 0.29) is 17.1 Å². The molecule has 0 saturated heterocycles. The van der Waals surface area contributed by atoms with Crippen molar-refractivity contribution < 1.29 is 14.7 Å². The number of fused-ring (bicyclic) bond motifs is 3. The van der Waals surface area contributed by atoms with Gasteiger partial charge in [-0.3, -0.25) is 9.59 Å². The molecule has 0 radical (unpaired) electrons. The predicted molar refractivity (Wildman–Crippen MR) is 85.2 cm³/mol. The topological polar surface area (TPSA) is 54.4 Å². The van der Waals surface area contributed by atoms with E-state index in [0.29, 0.717) is 0 Å². The van der Waals surface area contributed by atoms with Gasteiger partial charge in [-0.1, -0.05) is 25.5 Å². The number of hydrogen-bond acceptors (Lipinski definition) is 2. The molecule has 0 unspecified atom stereocenters. The Morgan fingerprint density at radius 2 is 1.95 bits per heavy atom. The number of aryl methyl sites for hydroxylation is 1. The monoisotopic (exact) mass is 300 g/mol. The average Bonchev–Trinajstić information content (AvgIpc) is 2.46. The first kappa shape index (κ1) is 15.3. The third-order valence-corrected chi connectivity index (χ3v) is 6.25. The summed E-state index contributed by atoms with van der Waals surface area (Å²) in [6, 6.07) is 6.00. The summed E-state index contributed by atoms with van der Waals surface area (Å²) in [5.41, 5.74) is 2.54. The summed E-state index contributed by atoms with van der Waals surface area (Å²) in [4.78, 5) is 23.5. The lowest BCUT2D eigenvalue weighted by atomic mass is 9.50. The molecule has 0 heterocycles. The number of carboxylic acid groups (broad SMARTS) is 1. The second-order valence-corrected chi connectivity index (χ2v) is 7.51. The Morgan fingerprint density at radius 3 is 2.59 bits per heavy atom. The molecule has 3 nitrogen and oxygen atoms in total. The van der Waals surface area contributed by atoms with Crippen LogP contribution in [0.25, 0.3) is 0 Å².